The minimum Gasteiger partial charge on any atom is -0.307 e. The van der Waals surface area contributed by atoms with Crippen LogP contribution >= 0.6 is 15.9 Å². The van der Waals surface area contributed by atoms with E-state index >= 15 is 0 Å². The molecule has 112 valence electrons. The third kappa shape index (κ3) is 3.98. The van der Waals surface area contributed by atoms with Crippen molar-refractivity contribution in [2.75, 3.05) is 0 Å². The van der Waals surface area contributed by atoms with Gasteiger partial charge < -0.3 is 5.32 Å². The van der Waals surface area contributed by atoms with E-state index in [0.717, 1.165) is 10.0 Å². The predicted octanol–water partition coefficient (Wildman–Crippen LogP) is 5.22. The summed E-state index contributed by atoms with van der Waals surface area (Å²) >= 11 is 3.51. The van der Waals surface area contributed by atoms with Crippen LogP contribution in [0.15, 0.2) is 28.7 Å². The lowest BCUT2D eigenvalue weighted by Gasteiger charge is -2.32. The van der Waals surface area contributed by atoms with Crippen LogP contribution < -0.4 is 5.32 Å². The fourth-order valence-corrected chi connectivity index (χ4v) is 3.49. The zero-order valence-corrected chi connectivity index (χ0v) is 13.0. The summed E-state index contributed by atoms with van der Waals surface area (Å²) in [6.07, 6.45) is -2.36. The van der Waals surface area contributed by atoms with E-state index in [4.69, 9.17) is 0 Å². The molecule has 1 aromatic carbocycles. The molecule has 0 amide bonds. The molecule has 1 atom stereocenters. The molecular weight excluding hydrogens is 331 g/mol. The molecule has 1 fully saturated rings. The van der Waals surface area contributed by atoms with Gasteiger partial charge in [0.05, 0.1) is 5.92 Å². The van der Waals surface area contributed by atoms with Crippen molar-refractivity contribution in [3.63, 3.8) is 0 Å². The van der Waals surface area contributed by atoms with E-state index < -0.39 is 12.1 Å². The fraction of sp³-hybridized carbons (Fsp3) is 0.600. The molecule has 5 heteroatoms. The second-order valence-electron chi connectivity index (χ2n) is 5.50. The number of hydrogen-bond donors (Lipinski definition) is 1. The van der Waals surface area contributed by atoms with E-state index in [2.05, 4.69) is 28.2 Å². The molecule has 1 aromatic rings. The van der Waals surface area contributed by atoms with Crippen LogP contribution in [0.2, 0.25) is 0 Å². The maximum atomic E-state index is 12.6. The van der Waals surface area contributed by atoms with Crippen LogP contribution in [0.1, 0.15) is 44.2 Å². The van der Waals surface area contributed by atoms with Crippen LogP contribution in [0.4, 0.5) is 13.2 Å². The first kappa shape index (κ1) is 15.8. The Hall–Kier alpha value is -0.550. The van der Waals surface area contributed by atoms with Gasteiger partial charge in [0.25, 0.3) is 0 Å². The highest BCUT2D eigenvalue weighted by atomic mass is 79.9. The molecule has 0 radical (unpaired) electrons. The average molecular weight is 350 g/mol. The number of rotatable bonds is 3. The Balaban J connectivity index is 1.88. The third-order valence-electron chi connectivity index (χ3n) is 4.05. The zero-order valence-electron chi connectivity index (χ0n) is 11.4. The van der Waals surface area contributed by atoms with Gasteiger partial charge in [-0.25, -0.2) is 0 Å². The van der Waals surface area contributed by atoms with Gasteiger partial charge in [0.2, 0.25) is 0 Å². The highest BCUT2D eigenvalue weighted by molar-refractivity contribution is 9.10. The quantitative estimate of drug-likeness (QED) is 0.788. The third-order valence-corrected chi connectivity index (χ3v) is 4.77. The van der Waals surface area contributed by atoms with Crippen molar-refractivity contribution in [2.45, 2.75) is 50.9 Å². The minimum atomic E-state index is -4.03. The van der Waals surface area contributed by atoms with Gasteiger partial charge in [0, 0.05) is 16.6 Å². The van der Waals surface area contributed by atoms with Gasteiger partial charge in [0.15, 0.2) is 0 Å². The summed E-state index contributed by atoms with van der Waals surface area (Å²) in [4.78, 5) is 0. The topological polar surface area (TPSA) is 12.0 Å². The Morgan fingerprint density at radius 1 is 1.15 bits per heavy atom. The average Bonchev–Trinajstić information content (AvgIpc) is 2.38. The van der Waals surface area contributed by atoms with Gasteiger partial charge in [-0.2, -0.15) is 13.2 Å². The molecule has 0 unspecified atom stereocenters. The Kier molecular flexibility index (Phi) is 5.13. The maximum Gasteiger partial charge on any atom is 0.391 e. The van der Waals surface area contributed by atoms with Crippen molar-refractivity contribution in [3.05, 3.63) is 34.3 Å². The van der Waals surface area contributed by atoms with Crippen LogP contribution in [0.25, 0.3) is 0 Å². The molecule has 1 aliphatic rings. The van der Waals surface area contributed by atoms with Crippen LogP contribution in [0.5, 0.6) is 0 Å². The van der Waals surface area contributed by atoms with Crippen LogP contribution in [0, 0.1) is 5.92 Å². The van der Waals surface area contributed by atoms with Crippen LogP contribution in [-0.2, 0) is 0 Å². The van der Waals surface area contributed by atoms with E-state index in [9.17, 15) is 13.2 Å². The SMILES string of the molecule is C[C@@H](NC1CCC(C(F)(F)F)CC1)c1ccccc1Br. The van der Waals surface area contributed by atoms with E-state index in [1.165, 1.54) is 0 Å². The number of nitrogens with one attached hydrogen (secondary N) is 1. The lowest BCUT2D eigenvalue weighted by atomic mass is 9.85. The van der Waals surface area contributed by atoms with Crippen molar-refractivity contribution < 1.29 is 13.2 Å². The molecule has 0 spiro atoms. The molecule has 1 N–H and O–H groups in total. The molecule has 0 aliphatic heterocycles. The summed E-state index contributed by atoms with van der Waals surface area (Å²) in [5, 5.41) is 3.45. The smallest absolute Gasteiger partial charge is 0.307 e. The zero-order chi connectivity index (χ0) is 14.8. The highest BCUT2D eigenvalue weighted by Crippen LogP contribution is 2.38. The van der Waals surface area contributed by atoms with Crippen molar-refractivity contribution in [1.29, 1.82) is 0 Å². The fourth-order valence-electron chi connectivity index (χ4n) is 2.86. The van der Waals surface area contributed by atoms with Gasteiger partial charge in [-0.15, -0.1) is 0 Å². The molecule has 20 heavy (non-hydrogen) atoms. The molecule has 1 nitrogen and oxygen atoms in total. The van der Waals surface area contributed by atoms with Gasteiger partial charge in [0.1, 0.15) is 0 Å². The Labute approximate surface area is 126 Å². The van der Waals surface area contributed by atoms with Gasteiger partial charge in [-0.3, -0.25) is 0 Å². The monoisotopic (exact) mass is 349 g/mol. The van der Waals surface area contributed by atoms with E-state index in [0.29, 0.717) is 12.8 Å². The molecule has 0 heterocycles. The molecule has 1 saturated carbocycles. The lowest BCUT2D eigenvalue weighted by Crippen LogP contribution is -2.38. The predicted molar refractivity (Wildman–Crippen MR) is 77.5 cm³/mol. The van der Waals surface area contributed by atoms with Gasteiger partial charge in [-0.05, 0) is 44.2 Å². The van der Waals surface area contributed by atoms with Gasteiger partial charge in [-0.1, -0.05) is 34.1 Å². The summed E-state index contributed by atoms with van der Waals surface area (Å²) in [6.45, 7) is 2.05. The summed E-state index contributed by atoms with van der Waals surface area (Å²) in [5.74, 6) is -1.11. The van der Waals surface area contributed by atoms with Crippen molar-refractivity contribution in [2.24, 2.45) is 5.92 Å². The molecule has 2 rings (SSSR count). The normalized spacial score (nSPS) is 25.4. The number of halogens is 4. The molecule has 0 saturated heterocycles. The van der Waals surface area contributed by atoms with Crippen LogP contribution in [0.3, 0.4) is 0 Å². The van der Waals surface area contributed by atoms with Crippen LogP contribution in [-0.4, -0.2) is 12.2 Å². The Morgan fingerprint density at radius 2 is 1.75 bits per heavy atom. The van der Waals surface area contributed by atoms with Crippen molar-refractivity contribution in [3.8, 4) is 0 Å². The lowest BCUT2D eigenvalue weighted by molar-refractivity contribution is -0.182. The Morgan fingerprint density at radius 3 is 2.30 bits per heavy atom. The first-order valence-corrected chi connectivity index (χ1v) is 7.74. The van der Waals surface area contributed by atoms with E-state index in [-0.39, 0.29) is 24.9 Å². The standard InChI is InChI=1S/C15H19BrF3N/c1-10(13-4-2-3-5-14(13)16)20-12-8-6-11(7-9-12)15(17,18)19/h2-5,10-12,20H,6-9H2,1H3/t10-,11?,12?/m1/s1. The van der Waals surface area contributed by atoms with Crippen molar-refractivity contribution >= 4 is 15.9 Å². The second kappa shape index (κ2) is 6.48. The maximum absolute atomic E-state index is 12.6. The summed E-state index contributed by atoms with van der Waals surface area (Å²) in [6, 6.07) is 8.25. The Bertz CT molecular complexity index is 439. The summed E-state index contributed by atoms with van der Waals surface area (Å²) < 4.78 is 38.9. The summed E-state index contributed by atoms with van der Waals surface area (Å²) in [5.41, 5.74) is 1.14. The second-order valence-corrected chi connectivity index (χ2v) is 6.35. The molecule has 0 bridgehead atoms. The first-order chi connectivity index (χ1) is 9.38. The first-order valence-electron chi connectivity index (χ1n) is 6.95. The number of alkyl halides is 3. The summed E-state index contributed by atoms with van der Waals surface area (Å²) in [7, 11) is 0. The largest absolute Gasteiger partial charge is 0.391 e. The number of benzene rings is 1. The number of hydrogen-bond acceptors (Lipinski definition) is 1. The minimum absolute atomic E-state index is 0.137. The molecule has 1 aliphatic carbocycles. The van der Waals surface area contributed by atoms with Gasteiger partial charge >= 0.3 is 6.18 Å². The molecular formula is C15H19BrF3N. The van der Waals surface area contributed by atoms with E-state index in [1.807, 2.05) is 24.3 Å². The van der Waals surface area contributed by atoms with E-state index in [1.54, 1.807) is 0 Å². The molecule has 0 aromatic heterocycles. The van der Waals surface area contributed by atoms with Crippen molar-refractivity contribution in [1.82, 2.24) is 5.32 Å². The highest BCUT2D eigenvalue weighted by Gasteiger charge is 2.41.